The van der Waals surface area contributed by atoms with Gasteiger partial charge in [0.15, 0.2) is 0 Å². The standard InChI is InChI=1S/C14H24N6/c1-5-15-12(13-6-7-17-19(13)4)8-14-16-10-18-20(14)9-11(2)3/h6-7,10-12,15H,5,8-9H2,1-4H3. The van der Waals surface area contributed by atoms with E-state index < -0.39 is 0 Å². The highest BCUT2D eigenvalue weighted by atomic mass is 15.3. The number of hydrogen-bond donors (Lipinski definition) is 1. The Morgan fingerprint density at radius 1 is 1.30 bits per heavy atom. The quantitative estimate of drug-likeness (QED) is 0.833. The van der Waals surface area contributed by atoms with E-state index in [1.54, 1.807) is 6.33 Å². The maximum Gasteiger partial charge on any atom is 0.138 e. The number of nitrogens with one attached hydrogen (secondary N) is 1. The molecule has 0 spiro atoms. The van der Waals surface area contributed by atoms with E-state index in [0.29, 0.717) is 5.92 Å². The van der Waals surface area contributed by atoms with E-state index in [1.165, 1.54) is 5.69 Å². The molecule has 1 unspecified atom stereocenters. The van der Waals surface area contributed by atoms with E-state index in [2.05, 4.69) is 47.3 Å². The van der Waals surface area contributed by atoms with E-state index in [-0.39, 0.29) is 6.04 Å². The number of rotatable bonds is 7. The molecule has 0 aliphatic rings. The van der Waals surface area contributed by atoms with Crippen molar-refractivity contribution in [2.24, 2.45) is 13.0 Å². The Morgan fingerprint density at radius 2 is 2.10 bits per heavy atom. The van der Waals surface area contributed by atoms with Crippen LogP contribution in [0.4, 0.5) is 0 Å². The first-order chi connectivity index (χ1) is 9.61. The molecule has 1 atom stereocenters. The Labute approximate surface area is 120 Å². The third kappa shape index (κ3) is 3.45. The van der Waals surface area contributed by atoms with Crippen molar-refractivity contribution in [3.05, 3.63) is 30.1 Å². The lowest BCUT2D eigenvalue weighted by Crippen LogP contribution is -2.26. The van der Waals surface area contributed by atoms with Crippen molar-refractivity contribution in [3.63, 3.8) is 0 Å². The van der Waals surface area contributed by atoms with Crippen LogP contribution in [0.5, 0.6) is 0 Å². The number of hydrogen-bond acceptors (Lipinski definition) is 4. The summed E-state index contributed by atoms with van der Waals surface area (Å²) in [7, 11) is 1.97. The first-order valence-electron chi connectivity index (χ1n) is 7.19. The van der Waals surface area contributed by atoms with Gasteiger partial charge in [0, 0.05) is 26.2 Å². The summed E-state index contributed by atoms with van der Waals surface area (Å²) in [6.07, 6.45) is 4.29. The summed E-state index contributed by atoms with van der Waals surface area (Å²) >= 11 is 0. The van der Waals surface area contributed by atoms with Crippen molar-refractivity contribution in [1.29, 1.82) is 0 Å². The molecule has 0 bridgehead atoms. The molecular formula is C14H24N6. The van der Waals surface area contributed by atoms with Crippen LogP contribution in [0, 0.1) is 5.92 Å². The zero-order valence-electron chi connectivity index (χ0n) is 12.7. The summed E-state index contributed by atoms with van der Waals surface area (Å²) in [6, 6.07) is 2.26. The lowest BCUT2D eigenvalue weighted by molar-refractivity contribution is 0.438. The van der Waals surface area contributed by atoms with Gasteiger partial charge in [-0.2, -0.15) is 10.2 Å². The van der Waals surface area contributed by atoms with Crippen LogP contribution in [0.3, 0.4) is 0 Å². The van der Waals surface area contributed by atoms with Gasteiger partial charge >= 0.3 is 0 Å². The average molecular weight is 276 g/mol. The van der Waals surface area contributed by atoms with E-state index in [1.807, 2.05) is 22.6 Å². The van der Waals surface area contributed by atoms with Crippen molar-refractivity contribution >= 4 is 0 Å². The van der Waals surface area contributed by atoms with Crippen LogP contribution in [-0.4, -0.2) is 31.1 Å². The number of likely N-dealkylation sites (N-methyl/N-ethyl adjacent to an activating group) is 1. The first kappa shape index (κ1) is 14.7. The molecule has 0 amide bonds. The molecule has 6 nitrogen and oxygen atoms in total. The van der Waals surface area contributed by atoms with Crippen molar-refractivity contribution < 1.29 is 0 Å². The summed E-state index contributed by atoms with van der Waals surface area (Å²) in [5.41, 5.74) is 1.17. The molecule has 0 radical (unpaired) electrons. The molecule has 0 aliphatic heterocycles. The molecule has 2 aromatic heterocycles. The molecule has 0 aromatic carbocycles. The van der Waals surface area contributed by atoms with E-state index in [4.69, 9.17) is 0 Å². The van der Waals surface area contributed by atoms with Gasteiger partial charge in [-0.05, 0) is 18.5 Å². The minimum Gasteiger partial charge on any atom is -0.309 e. The summed E-state index contributed by atoms with van der Waals surface area (Å²) in [5.74, 6) is 1.58. The van der Waals surface area contributed by atoms with Gasteiger partial charge < -0.3 is 5.32 Å². The van der Waals surface area contributed by atoms with E-state index in [9.17, 15) is 0 Å². The number of aryl methyl sites for hydroxylation is 1. The van der Waals surface area contributed by atoms with Crippen LogP contribution in [0.1, 0.15) is 38.3 Å². The predicted octanol–water partition coefficient (Wildman–Crippen LogP) is 1.56. The molecule has 2 heterocycles. The SMILES string of the molecule is CCNC(Cc1ncnn1CC(C)C)c1ccnn1C. The van der Waals surface area contributed by atoms with Crippen molar-refractivity contribution in [2.45, 2.75) is 39.8 Å². The van der Waals surface area contributed by atoms with Crippen molar-refractivity contribution in [1.82, 2.24) is 29.9 Å². The molecule has 0 saturated carbocycles. The Hall–Kier alpha value is -1.69. The van der Waals surface area contributed by atoms with Gasteiger partial charge in [-0.1, -0.05) is 20.8 Å². The highest BCUT2D eigenvalue weighted by Crippen LogP contribution is 2.17. The maximum absolute atomic E-state index is 4.41. The Kier molecular flexibility index (Phi) is 4.89. The highest BCUT2D eigenvalue weighted by Gasteiger charge is 2.18. The maximum atomic E-state index is 4.41. The number of aromatic nitrogens is 5. The van der Waals surface area contributed by atoms with Crippen LogP contribution < -0.4 is 5.32 Å². The fourth-order valence-corrected chi connectivity index (χ4v) is 2.38. The molecule has 110 valence electrons. The van der Waals surface area contributed by atoms with Gasteiger partial charge in [0.25, 0.3) is 0 Å². The lowest BCUT2D eigenvalue weighted by Gasteiger charge is -2.18. The molecule has 0 saturated heterocycles. The Balaban J connectivity index is 2.17. The zero-order valence-corrected chi connectivity index (χ0v) is 12.7. The van der Waals surface area contributed by atoms with Gasteiger partial charge in [0.1, 0.15) is 12.2 Å². The van der Waals surface area contributed by atoms with Gasteiger partial charge in [-0.3, -0.25) is 4.68 Å². The van der Waals surface area contributed by atoms with Crippen LogP contribution in [-0.2, 0) is 20.0 Å². The first-order valence-corrected chi connectivity index (χ1v) is 7.19. The normalized spacial score (nSPS) is 13.1. The molecule has 2 rings (SSSR count). The molecule has 0 aliphatic carbocycles. The van der Waals surface area contributed by atoms with Crippen LogP contribution in [0.15, 0.2) is 18.6 Å². The fourth-order valence-electron chi connectivity index (χ4n) is 2.38. The molecule has 1 N–H and O–H groups in total. The molecular weight excluding hydrogens is 252 g/mol. The third-order valence-corrected chi connectivity index (χ3v) is 3.29. The third-order valence-electron chi connectivity index (χ3n) is 3.29. The van der Waals surface area contributed by atoms with E-state index >= 15 is 0 Å². The molecule has 20 heavy (non-hydrogen) atoms. The highest BCUT2D eigenvalue weighted by molar-refractivity contribution is 5.09. The Morgan fingerprint density at radius 3 is 2.70 bits per heavy atom. The minimum absolute atomic E-state index is 0.211. The second kappa shape index (κ2) is 6.65. The Bertz CT molecular complexity index is 527. The number of nitrogens with zero attached hydrogens (tertiary/aromatic N) is 5. The van der Waals surface area contributed by atoms with Gasteiger partial charge in [-0.25, -0.2) is 9.67 Å². The fraction of sp³-hybridized carbons (Fsp3) is 0.643. The molecule has 6 heteroatoms. The minimum atomic E-state index is 0.211. The largest absolute Gasteiger partial charge is 0.309 e. The summed E-state index contributed by atoms with van der Waals surface area (Å²) < 4.78 is 3.92. The zero-order chi connectivity index (χ0) is 14.5. The van der Waals surface area contributed by atoms with Crippen molar-refractivity contribution in [3.8, 4) is 0 Å². The monoisotopic (exact) mass is 276 g/mol. The molecule has 2 aromatic rings. The van der Waals surface area contributed by atoms with Gasteiger partial charge in [0.05, 0.1) is 11.7 Å². The predicted molar refractivity (Wildman–Crippen MR) is 78.2 cm³/mol. The second-order valence-corrected chi connectivity index (χ2v) is 5.45. The van der Waals surface area contributed by atoms with E-state index in [0.717, 1.165) is 25.3 Å². The topological polar surface area (TPSA) is 60.6 Å². The summed E-state index contributed by atoms with van der Waals surface area (Å²) in [4.78, 5) is 4.41. The van der Waals surface area contributed by atoms with Crippen LogP contribution in [0.25, 0.3) is 0 Å². The van der Waals surface area contributed by atoms with Crippen LogP contribution in [0.2, 0.25) is 0 Å². The smallest absolute Gasteiger partial charge is 0.138 e. The van der Waals surface area contributed by atoms with Crippen LogP contribution >= 0.6 is 0 Å². The summed E-state index contributed by atoms with van der Waals surface area (Å²) in [5, 5.41) is 12.1. The average Bonchev–Trinajstić information content (AvgIpc) is 2.98. The van der Waals surface area contributed by atoms with Crippen molar-refractivity contribution in [2.75, 3.05) is 6.54 Å². The van der Waals surface area contributed by atoms with Gasteiger partial charge in [-0.15, -0.1) is 0 Å². The lowest BCUT2D eigenvalue weighted by atomic mass is 10.1. The van der Waals surface area contributed by atoms with Gasteiger partial charge in [0.2, 0.25) is 0 Å². The summed E-state index contributed by atoms with van der Waals surface area (Å²) in [6.45, 7) is 8.30. The molecule has 0 fully saturated rings. The second-order valence-electron chi connectivity index (χ2n) is 5.45.